The quantitative estimate of drug-likeness (QED) is 0.760. The summed E-state index contributed by atoms with van der Waals surface area (Å²) in [7, 11) is 0. The third-order valence-electron chi connectivity index (χ3n) is 3.35. The molecule has 0 radical (unpaired) electrons. The standard InChI is InChI=1S/C15H16IN3O2S/c16-11-1-3-12(4-2-11)17-15(20)13-10-22-14(18-13)9-19-5-7-21-8-6-19/h1-4,10H,5-9H2,(H,17,20). The number of hydrogen-bond acceptors (Lipinski definition) is 5. The summed E-state index contributed by atoms with van der Waals surface area (Å²) in [5, 5.41) is 5.66. The fourth-order valence-corrected chi connectivity index (χ4v) is 3.34. The van der Waals surface area contributed by atoms with Crippen molar-refractivity contribution in [1.82, 2.24) is 9.88 Å². The van der Waals surface area contributed by atoms with Gasteiger partial charge in [0.15, 0.2) is 0 Å². The average Bonchev–Trinajstić information content (AvgIpc) is 2.99. The highest BCUT2D eigenvalue weighted by molar-refractivity contribution is 14.1. The van der Waals surface area contributed by atoms with Crippen LogP contribution in [-0.2, 0) is 11.3 Å². The Labute approximate surface area is 146 Å². The molecule has 2 heterocycles. The van der Waals surface area contributed by atoms with E-state index in [1.807, 2.05) is 29.6 Å². The minimum absolute atomic E-state index is 0.161. The molecule has 7 heteroatoms. The number of carbonyl (C=O) groups excluding carboxylic acids is 1. The van der Waals surface area contributed by atoms with Crippen molar-refractivity contribution < 1.29 is 9.53 Å². The lowest BCUT2D eigenvalue weighted by molar-refractivity contribution is 0.0341. The second-order valence-corrected chi connectivity index (χ2v) is 7.16. The normalized spacial score (nSPS) is 15.7. The van der Waals surface area contributed by atoms with Crippen molar-refractivity contribution in [3.8, 4) is 0 Å². The number of rotatable bonds is 4. The summed E-state index contributed by atoms with van der Waals surface area (Å²) in [6.07, 6.45) is 0. The smallest absolute Gasteiger partial charge is 0.275 e. The van der Waals surface area contributed by atoms with Gasteiger partial charge in [0, 0.05) is 27.7 Å². The number of morpholine rings is 1. The monoisotopic (exact) mass is 429 g/mol. The number of hydrogen-bond donors (Lipinski definition) is 1. The Morgan fingerprint density at radius 1 is 1.32 bits per heavy atom. The number of carbonyl (C=O) groups is 1. The zero-order chi connectivity index (χ0) is 15.4. The van der Waals surface area contributed by atoms with Crippen molar-refractivity contribution in [2.75, 3.05) is 31.6 Å². The van der Waals surface area contributed by atoms with Gasteiger partial charge in [0.2, 0.25) is 0 Å². The summed E-state index contributed by atoms with van der Waals surface area (Å²) in [6.45, 7) is 4.16. The predicted octanol–water partition coefficient (Wildman–Crippen LogP) is 2.83. The number of nitrogens with one attached hydrogen (secondary N) is 1. The van der Waals surface area contributed by atoms with Gasteiger partial charge >= 0.3 is 0 Å². The third-order valence-corrected chi connectivity index (χ3v) is 4.90. The van der Waals surface area contributed by atoms with E-state index in [9.17, 15) is 4.79 Å². The second-order valence-electron chi connectivity index (χ2n) is 4.98. The molecular formula is C15H16IN3O2S. The largest absolute Gasteiger partial charge is 0.379 e. The van der Waals surface area contributed by atoms with Crippen LogP contribution in [0.2, 0.25) is 0 Å². The van der Waals surface area contributed by atoms with E-state index in [0.717, 1.165) is 47.1 Å². The highest BCUT2D eigenvalue weighted by Gasteiger charge is 2.15. The molecule has 2 aromatic rings. The number of thiazole rings is 1. The number of nitrogens with zero attached hydrogens (tertiary/aromatic N) is 2. The first-order valence-electron chi connectivity index (χ1n) is 7.02. The molecular weight excluding hydrogens is 413 g/mol. The number of amides is 1. The van der Waals surface area contributed by atoms with Gasteiger partial charge in [0.25, 0.3) is 5.91 Å². The van der Waals surface area contributed by atoms with Gasteiger partial charge in [0.1, 0.15) is 10.7 Å². The molecule has 0 atom stereocenters. The SMILES string of the molecule is O=C(Nc1ccc(I)cc1)c1csc(CN2CCOCC2)n1. The molecule has 1 aromatic carbocycles. The molecule has 1 fully saturated rings. The average molecular weight is 429 g/mol. The fourth-order valence-electron chi connectivity index (χ4n) is 2.17. The minimum atomic E-state index is -0.161. The van der Waals surface area contributed by atoms with Crippen molar-refractivity contribution in [3.05, 3.63) is 43.9 Å². The lowest BCUT2D eigenvalue weighted by atomic mass is 10.3. The molecule has 1 aromatic heterocycles. The zero-order valence-electron chi connectivity index (χ0n) is 11.9. The van der Waals surface area contributed by atoms with E-state index in [2.05, 4.69) is 37.8 Å². The van der Waals surface area contributed by atoms with Crippen molar-refractivity contribution in [2.24, 2.45) is 0 Å². The highest BCUT2D eigenvalue weighted by Crippen LogP contribution is 2.16. The van der Waals surface area contributed by atoms with Gasteiger partial charge < -0.3 is 10.1 Å². The van der Waals surface area contributed by atoms with Crippen LogP contribution >= 0.6 is 33.9 Å². The van der Waals surface area contributed by atoms with Crippen molar-refractivity contribution in [2.45, 2.75) is 6.54 Å². The molecule has 22 heavy (non-hydrogen) atoms. The van der Waals surface area contributed by atoms with Crippen LogP contribution in [0.1, 0.15) is 15.5 Å². The first kappa shape index (κ1) is 15.9. The van der Waals surface area contributed by atoms with E-state index in [1.165, 1.54) is 11.3 Å². The molecule has 1 N–H and O–H groups in total. The molecule has 0 saturated carbocycles. The van der Waals surface area contributed by atoms with Crippen LogP contribution in [-0.4, -0.2) is 42.1 Å². The van der Waals surface area contributed by atoms with Gasteiger partial charge in [0.05, 0.1) is 19.8 Å². The Bertz CT molecular complexity index is 638. The van der Waals surface area contributed by atoms with Crippen LogP contribution in [0.4, 0.5) is 5.69 Å². The van der Waals surface area contributed by atoms with E-state index in [0.29, 0.717) is 5.69 Å². The summed E-state index contributed by atoms with van der Waals surface area (Å²) in [6, 6.07) is 7.70. The first-order chi connectivity index (χ1) is 10.7. The molecule has 3 rings (SSSR count). The number of aromatic nitrogens is 1. The summed E-state index contributed by atoms with van der Waals surface area (Å²) < 4.78 is 6.47. The van der Waals surface area contributed by atoms with Crippen molar-refractivity contribution in [3.63, 3.8) is 0 Å². The van der Waals surface area contributed by atoms with Gasteiger partial charge in [-0.15, -0.1) is 11.3 Å². The van der Waals surface area contributed by atoms with Crippen LogP contribution in [0, 0.1) is 3.57 Å². The summed E-state index contributed by atoms with van der Waals surface area (Å²) in [4.78, 5) is 18.9. The van der Waals surface area contributed by atoms with Crippen LogP contribution in [0.3, 0.4) is 0 Å². The van der Waals surface area contributed by atoms with Gasteiger partial charge in [-0.05, 0) is 46.9 Å². The summed E-state index contributed by atoms with van der Waals surface area (Å²) >= 11 is 3.76. The van der Waals surface area contributed by atoms with E-state index in [4.69, 9.17) is 4.74 Å². The maximum atomic E-state index is 12.2. The topological polar surface area (TPSA) is 54.5 Å². The Hall–Kier alpha value is -1.03. The molecule has 1 aliphatic rings. The number of benzene rings is 1. The van der Waals surface area contributed by atoms with Crippen molar-refractivity contribution >= 4 is 45.5 Å². The Balaban J connectivity index is 1.60. The summed E-state index contributed by atoms with van der Waals surface area (Å²) in [5.41, 5.74) is 1.26. The second kappa shape index (κ2) is 7.49. The van der Waals surface area contributed by atoms with E-state index in [1.54, 1.807) is 0 Å². The predicted molar refractivity (Wildman–Crippen MR) is 95.3 cm³/mol. The van der Waals surface area contributed by atoms with Gasteiger partial charge in [-0.3, -0.25) is 9.69 Å². The van der Waals surface area contributed by atoms with E-state index < -0.39 is 0 Å². The molecule has 1 saturated heterocycles. The lowest BCUT2D eigenvalue weighted by Gasteiger charge is -2.25. The Kier molecular flexibility index (Phi) is 5.40. The maximum Gasteiger partial charge on any atom is 0.275 e. The highest BCUT2D eigenvalue weighted by atomic mass is 127. The number of ether oxygens (including phenoxy) is 1. The minimum Gasteiger partial charge on any atom is -0.379 e. The molecule has 5 nitrogen and oxygen atoms in total. The molecule has 116 valence electrons. The lowest BCUT2D eigenvalue weighted by Crippen LogP contribution is -2.35. The molecule has 1 amide bonds. The molecule has 0 unspecified atom stereocenters. The zero-order valence-corrected chi connectivity index (χ0v) is 14.9. The van der Waals surface area contributed by atoms with E-state index >= 15 is 0 Å². The van der Waals surface area contributed by atoms with Crippen LogP contribution in [0.5, 0.6) is 0 Å². The molecule has 1 aliphatic heterocycles. The molecule has 0 aliphatic carbocycles. The van der Waals surface area contributed by atoms with E-state index in [-0.39, 0.29) is 5.91 Å². The molecule has 0 spiro atoms. The maximum absolute atomic E-state index is 12.2. The number of halogens is 1. The first-order valence-corrected chi connectivity index (χ1v) is 8.98. The summed E-state index contributed by atoms with van der Waals surface area (Å²) in [5.74, 6) is -0.161. The van der Waals surface area contributed by atoms with Gasteiger partial charge in [-0.1, -0.05) is 0 Å². The van der Waals surface area contributed by atoms with Crippen LogP contribution in [0.25, 0.3) is 0 Å². The Morgan fingerprint density at radius 3 is 2.77 bits per heavy atom. The fraction of sp³-hybridized carbons (Fsp3) is 0.333. The number of anilines is 1. The molecule has 0 bridgehead atoms. The van der Waals surface area contributed by atoms with Crippen LogP contribution < -0.4 is 5.32 Å². The Morgan fingerprint density at radius 2 is 2.05 bits per heavy atom. The van der Waals surface area contributed by atoms with Crippen LogP contribution in [0.15, 0.2) is 29.6 Å². The third kappa shape index (κ3) is 4.25. The van der Waals surface area contributed by atoms with Crippen molar-refractivity contribution in [1.29, 1.82) is 0 Å². The van der Waals surface area contributed by atoms with Gasteiger partial charge in [-0.25, -0.2) is 4.98 Å². The van der Waals surface area contributed by atoms with Gasteiger partial charge in [-0.2, -0.15) is 0 Å².